The normalized spacial score (nSPS) is 10.8. The summed E-state index contributed by atoms with van der Waals surface area (Å²) in [6.07, 6.45) is 2.38. The summed E-state index contributed by atoms with van der Waals surface area (Å²) >= 11 is 0. The molecule has 0 saturated carbocycles. The third-order valence-electron chi connectivity index (χ3n) is 3.13. The first kappa shape index (κ1) is 12.8. The van der Waals surface area contributed by atoms with Gasteiger partial charge in [-0.3, -0.25) is 0 Å². The van der Waals surface area contributed by atoms with E-state index in [-0.39, 0.29) is 0 Å². The van der Waals surface area contributed by atoms with Crippen molar-refractivity contribution in [3.05, 3.63) is 60.2 Å². The van der Waals surface area contributed by atoms with Crippen LogP contribution in [0.15, 0.2) is 54.6 Å². The molecule has 0 amide bonds. The maximum Gasteiger partial charge on any atom is -0.00217 e. The van der Waals surface area contributed by atoms with E-state index in [9.17, 15) is 0 Å². The molecule has 1 heteroatoms. The van der Waals surface area contributed by atoms with Crippen molar-refractivity contribution in [2.75, 3.05) is 20.6 Å². The van der Waals surface area contributed by atoms with Gasteiger partial charge in [-0.25, -0.2) is 0 Å². The van der Waals surface area contributed by atoms with Crippen LogP contribution < -0.4 is 0 Å². The van der Waals surface area contributed by atoms with Crippen LogP contribution in [0.1, 0.15) is 12.0 Å². The molecule has 2 aromatic carbocycles. The molecule has 0 bridgehead atoms. The summed E-state index contributed by atoms with van der Waals surface area (Å²) in [5.74, 6) is 0. The van der Waals surface area contributed by atoms with Crippen LogP contribution in [0.3, 0.4) is 0 Å². The second-order valence-electron chi connectivity index (χ2n) is 4.97. The highest BCUT2D eigenvalue weighted by Crippen LogP contribution is 2.19. The Hall–Kier alpha value is -1.60. The molecule has 0 N–H and O–H groups in total. The van der Waals surface area contributed by atoms with Gasteiger partial charge in [0.25, 0.3) is 0 Å². The van der Waals surface area contributed by atoms with E-state index in [1.165, 1.54) is 23.1 Å². The van der Waals surface area contributed by atoms with Crippen LogP contribution in [0, 0.1) is 0 Å². The van der Waals surface area contributed by atoms with Gasteiger partial charge in [-0.05, 0) is 50.2 Å². The highest BCUT2D eigenvalue weighted by atomic mass is 15.0. The minimum absolute atomic E-state index is 1.15. The predicted molar refractivity (Wildman–Crippen MR) is 78.8 cm³/mol. The van der Waals surface area contributed by atoms with Gasteiger partial charge in [0.05, 0.1) is 0 Å². The van der Waals surface area contributed by atoms with E-state index in [0.717, 1.165) is 13.0 Å². The van der Waals surface area contributed by atoms with Crippen LogP contribution in [-0.2, 0) is 6.42 Å². The summed E-state index contributed by atoms with van der Waals surface area (Å²) in [6.45, 7) is 1.15. The van der Waals surface area contributed by atoms with E-state index in [1.54, 1.807) is 0 Å². The predicted octanol–water partition coefficient (Wildman–Crippen LogP) is 3.85. The number of rotatable bonds is 5. The molecule has 1 nitrogen and oxygen atoms in total. The average molecular weight is 239 g/mol. The Labute approximate surface area is 110 Å². The molecule has 0 spiro atoms. The molecule has 0 aliphatic rings. The summed E-state index contributed by atoms with van der Waals surface area (Å²) in [4.78, 5) is 2.23. The Bertz CT molecular complexity index is 457. The van der Waals surface area contributed by atoms with E-state index in [4.69, 9.17) is 0 Å². The minimum atomic E-state index is 1.15. The van der Waals surface area contributed by atoms with Gasteiger partial charge in [-0.1, -0.05) is 54.6 Å². The Balaban J connectivity index is 1.98. The van der Waals surface area contributed by atoms with Crippen molar-refractivity contribution in [3.63, 3.8) is 0 Å². The number of hydrogen-bond donors (Lipinski definition) is 0. The summed E-state index contributed by atoms with van der Waals surface area (Å²) in [5, 5.41) is 0. The molecule has 0 fully saturated rings. The quantitative estimate of drug-likeness (QED) is 0.766. The summed E-state index contributed by atoms with van der Waals surface area (Å²) < 4.78 is 0. The molecule has 0 unspecified atom stereocenters. The van der Waals surface area contributed by atoms with Crippen LogP contribution in [0.4, 0.5) is 0 Å². The minimum Gasteiger partial charge on any atom is -0.309 e. The molecule has 18 heavy (non-hydrogen) atoms. The van der Waals surface area contributed by atoms with Gasteiger partial charge in [-0.15, -0.1) is 0 Å². The number of benzene rings is 2. The van der Waals surface area contributed by atoms with Gasteiger partial charge in [0.1, 0.15) is 0 Å². The molecule has 0 aromatic heterocycles. The highest BCUT2D eigenvalue weighted by Gasteiger charge is 1.98. The van der Waals surface area contributed by atoms with Gasteiger partial charge in [-0.2, -0.15) is 0 Å². The Morgan fingerprint density at radius 2 is 1.39 bits per heavy atom. The molecule has 0 atom stereocenters. The Morgan fingerprint density at radius 3 is 2.00 bits per heavy atom. The zero-order chi connectivity index (χ0) is 12.8. The second kappa shape index (κ2) is 6.36. The zero-order valence-corrected chi connectivity index (χ0v) is 11.3. The van der Waals surface area contributed by atoms with Gasteiger partial charge in [0.2, 0.25) is 0 Å². The number of nitrogens with zero attached hydrogens (tertiary/aromatic N) is 1. The van der Waals surface area contributed by atoms with E-state index < -0.39 is 0 Å². The maximum absolute atomic E-state index is 2.25. The molecular formula is C17H21N. The lowest BCUT2D eigenvalue weighted by atomic mass is 10.0. The van der Waals surface area contributed by atoms with Crippen LogP contribution in [0.25, 0.3) is 11.1 Å². The SMILES string of the molecule is CN(C)CCCc1ccc(-c2ccccc2)cc1. The first-order valence-electron chi connectivity index (χ1n) is 6.55. The molecule has 0 saturated heterocycles. The van der Waals surface area contributed by atoms with Crippen molar-refractivity contribution in [1.82, 2.24) is 4.90 Å². The molecule has 0 radical (unpaired) electrons. The van der Waals surface area contributed by atoms with Crippen molar-refractivity contribution in [3.8, 4) is 11.1 Å². The van der Waals surface area contributed by atoms with Crippen molar-refractivity contribution < 1.29 is 0 Å². The van der Waals surface area contributed by atoms with Crippen molar-refractivity contribution in [2.45, 2.75) is 12.8 Å². The maximum atomic E-state index is 2.25. The third-order valence-corrected chi connectivity index (χ3v) is 3.13. The van der Waals surface area contributed by atoms with Crippen LogP contribution in [0.5, 0.6) is 0 Å². The summed E-state index contributed by atoms with van der Waals surface area (Å²) in [6, 6.07) is 19.5. The van der Waals surface area contributed by atoms with E-state index in [0.29, 0.717) is 0 Å². The fourth-order valence-corrected chi connectivity index (χ4v) is 2.09. The summed E-state index contributed by atoms with van der Waals surface area (Å²) in [7, 11) is 4.25. The lowest BCUT2D eigenvalue weighted by Crippen LogP contribution is -2.13. The molecule has 2 aromatic rings. The van der Waals surface area contributed by atoms with Crippen molar-refractivity contribution in [2.24, 2.45) is 0 Å². The third kappa shape index (κ3) is 3.71. The smallest absolute Gasteiger partial charge is 0.00217 e. The molecule has 0 heterocycles. The van der Waals surface area contributed by atoms with E-state index >= 15 is 0 Å². The highest BCUT2D eigenvalue weighted by molar-refractivity contribution is 5.63. The lowest BCUT2D eigenvalue weighted by Gasteiger charge is -2.09. The topological polar surface area (TPSA) is 3.24 Å². The molecule has 0 aliphatic carbocycles. The van der Waals surface area contributed by atoms with Gasteiger partial charge < -0.3 is 4.90 Å². The monoisotopic (exact) mass is 239 g/mol. The average Bonchev–Trinajstić information content (AvgIpc) is 2.40. The summed E-state index contributed by atoms with van der Waals surface area (Å²) in [5.41, 5.74) is 4.01. The first-order chi connectivity index (χ1) is 8.75. The van der Waals surface area contributed by atoms with Crippen LogP contribution >= 0.6 is 0 Å². The fourth-order valence-electron chi connectivity index (χ4n) is 2.09. The number of hydrogen-bond acceptors (Lipinski definition) is 1. The lowest BCUT2D eigenvalue weighted by molar-refractivity contribution is 0.400. The molecule has 2 rings (SSSR count). The van der Waals surface area contributed by atoms with Gasteiger partial charge in [0.15, 0.2) is 0 Å². The Kier molecular flexibility index (Phi) is 4.54. The van der Waals surface area contributed by atoms with Crippen LogP contribution in [0.2, 0.25) is 0 Å². The zero-order valence-electron chi connectivity index (χ0n) is 11.3. The van der Waals surface area contributed by atoms with Crippen LogP contribution in [-0.4, -0.2) is 25.5 Å². The van der Waals surface area contributed by atoms with Gasteiger partial charge >= 0.3 is 0 Å². The molecular weight excluding hydrogens is 218 g/mol. The standard InChI is InChI=1S/C17H21N/c1-18(2)14-6-7-15-10-12-17(13-11-15)16-8-4-3-5-9-16/h3-5,8-13H,6-7,14H2,1-2H3. The Morgan fingerprint density at radius 1 is 0.778 bits per heavy atom. The van der Waals surface area contributed by atoms with Crippen molar-refractivity contribution in [1.29, 1.82) is 0 Å². The van der Waals surface area contributed by atoms with E-state index in [1.807, 2.05) is 0 Å². The molecule has 94 valence electrons. The number of aryl methyl sites for hydroxylation is 1. The fraction of sp³-hybridized carbons (Fsp3) is 0.294. The second-order valence-corrected chi connectivity index (χ2v) is 4.97. The van der Waals surface area contributed by atoms with Gasteiger partial charge in [0, 0.05) is 0 Å². The van der Waals surface area contributed by atoms with E-state index in [2.05, 4.69) is 73.6 Å². The first-order valence-corrected chi connectivity index (χ1v) is 6.55. The van der Waals surface area contributed by atoms with Crippen molar-refractivity contribution >= 4 is 0 Å². The largest absolute Gasteiger partial charge is 0.309 e. The molecule has 0 aliphatic heterocycles.